The fraction of sp³-hybridized carbons (Fsp3) is 0.357. The molecule has 1 fully saturated rings. The summed E-state index contributed by atoms with van der Waals surface area (Å²) in [4.78, 5) is 22.6. The maximum absolute atomic E-state index is 12.2. The standard InChI is InChI=1S/C14H15N3O4/c1-21-13-5-4-12(17(19)20)8-10(13)9-15-6-7-16(14(15)18)11-2-3-11/h4-8,11H,2-3,9H2,1H3. The minimum Gasteiger partial charge on any atom is -0.496 e. The van der Waals surface area contributed by atoms with Crippen LogP contribution in [0.2, 0.25) is 0 Å². The third kappa shape index (κ3) is 2.54. The number of rotatable bonds is 5. The Morgan fingerprint density at radius 1 is 1.38 bits per heavy atom. The number of hydrogen-bond donors (Lipinski definition) is 0. The van der Waals surface area contributed by atoms with Crippen LogP contribution in [0.15, 0.2) is 35.4 Å². The molecule has 2 aromatic rings. The average molecular weight is 289 g/mol. The third-order valence-electron chi connectivity index (χ3n) is 3.63. The zero-order chi connectivity index (χ0) is 15.0. The molecule has 0 spiro atoms. The van der Waals surface area contributed by atoms with Crippen molar-refractivity contribution >= 4 is 5.69 Å². The molecule has 1 aliphatic rings. The summed E-state index contributed by atoms with van der Waals surface area (Å²) < 4.78 is 8.47. The molecular formula is C14H15N3O4. The van der Waals surface area contributed by atoms with Crippen LogP contribution in [0.1, 0.15) is 24.4 Å². The molecule has 1 aromatic heterocycles. The maximum Gasteiger partial charge on any atom is 0.328 e. The predicted octanol–water partition coefficient (Wildman–Crippen LogP) is 1.95. The molecule has 21 heavy (non-hydrogen) atoms. The second-order valence-corrected chi connectivity index (χ2v) is 5.10. The molecule has 0 aliphatic heterocycles. The Labute approximate surface area is 120 Å². The van der Waals surface area contributed by atoms with E-state index < -0.39 is 4.92 Å². The second-order valence-electron chi connectivity index (χ2n) is 5.10. The number of nitrogens with zero attached hydrogens (tertiary/aromatic N) is 3. The number of non-ortho nitro benzene ring substituents is 1. The highest BCUT2D eigenvalue weighted by Gasteiger charge is 2.25. The first-order valence-electron chi connectivity index (χ1n) is 6.68. The molecular weight excluding hydrogens is 274 g/mol. The van der Waals surface area contributed by atoms with Gasteiger partial charge in [0.05, 0.1) is 18.6 Å². The first kappa shape index (κ1) is 13.4. The van der Waals surface area contributed by atoms with Gasteiger partial charge in [0.15, 0.2) is 0 Å². The smallest absolute Gasteiger partial charge is 0.328 e. The summed E-state index contributed by atoms with van der Waals surface area (Å²) in [6.07, 6.45) is 5.54. The molecule has 7 nitrogen and oxygen atoms in total. The average Bonchev–Trinajstić information content (AvgIpc) is 3.25. The molecule has 1 aliphatic carbocycles. The van der Waals surface area contributed by atoms with Crippen LogP contribution >= 0.6 is 0 Å². The minimum absolute atomic E-state index is 0.0134. The molecule has 0 bridgehead atoms. The van der Waals surface area contributed by atoms with Crippen molar-refractivity contribution < 1.29 is 9.66 Å². The van der Waals surface area contributed by atoms with Gasteiger partial charge in [-0.3, -0.25) is 19.2 Å². The van der Waals surface area contributed by atoms with E-state index in [2.05, 4.69) is 0 Å². The highest BCUT2D eigenvalue weighted by molar-refractivity contribution is 5.43. The number of methoxy groups -OCH3 is 1. The van der Waals surface area contributed by atoms with Crippen molar-refractivity contribution in [2.45, 2.75) is 25.4 Å². The van der Waals surface area contributed by atoms with E-state index in [9.17, 15) is 14.9 Å². The molecule has 0 radical (unpaired) electrons. The number of imidazole rings is 1. The summed E-state index contributed by atoms with van der Waals surface area (Å²) in [5, 5.41) is 10.9. The summed E-state index contributed by atoms with van der Waals surface area (Å²) >= 11 is 0. The predicted molar refractivity (Wildman–Crippen MR) is 75.7 cm³/mol. The van der Waals surface area contributed by atoms with Crippen LogP contribution in [0.25, 0.3) is 0 Å². The zero-order valence-electron chi connectivity index (χ0n) is 11.6. The van der Waals surface area contributed by atoms with Gasteiger partial charge in [-0.2, -0.15) is 0 Å². The Morgan fingerprint density at radius 3 is 2.76 bits per heavy atom. The molecule has 1 aromatic carbocycles. The quantitative estimate of drug-likeness (QED) is 0.622. The number of nitro groups is 1. The van der Waals surface area contributed by atoms with E-state index in [4.69, 9.17) is 4.74 Å². The monoisotopic (exact) mass is 289 g/mol. The van der Waals surface area contributed by atoms with Gasteiger partial charge in [0.25, 0.3) is 5.69 Å². The lowest BCUT2D eigenvalue weighted by atomic mass is 10.1. The number of benzene rings is 1. The van der Waals surface area contributed by atoms with Crippen LogP contribution in [-0.4, -0.2) is 21.2 Å². The highest BCUT2D eigenvalue weighted by atomic mass is 16.6. The first-order chi connectivity index (χ1) is 10.1. The number of nitro benzene ring substituents is 1. The Hall–Kier alpha value is -2.57. The molecule has 0 N–H and O–H groups in total. The van der Waals surface area contributed by atoms with Crippen molar-refractivity contribution in [3.05, 3.63) is 56.8 Å². The number of aromatic nitrogens is 2. The third-order valence-corrected chi connectivity index (χ3v) is 3.63. The van der Waals surface area contributed by atoms with Crippen molar-refractivity contribution in [3.8, 4) is 5.75 Å². The van der Waals surface area contributed by atoms with Gasteiger partial charge in [-0.25, -0.2) is 4.79 Å². The van der Waals surface area contributed by atoms with Gasteiger partial charge >= 0.3 is 5.69 Å². The Balaban J connectivity index is 1.94. The van der Waals surface area contributed by atoms with E-state index in [0.29, 0.717) is 17.4 Å². The molecule has 0 saturated heterocycles. The summed E-state index contributed by atoms with van der Waals surface area (Å²) in [5.41, 5.74) is 0.508. The van der Waals surface area contributed by atoms with Gasteiger partial charge in [-0.05, 0) is 18.9 Å². The largest absolute Gasteiger partial charge is 0.496 e. The van der Waals surface area contributed by atoms with Gasteiger partial charge in [0.2, 0.25) is 0 Å². The van der Waals surface area contributed by atoms with E-state index in [1.165, 1.54) is 19.2 Å². The summed E-state index contributed by atoms with van der Waals surface area (Å²) in [5.74, 6) is 0.534. The van der Waals surface area contributed by atoms with Gasteiger partial charge in [-0.15, -0.1) is 0 Å². The van der Waals surface area contributed by atoms with Crippen molar-refractivity contribution in [1.29, 1.82) is 0 Å². The lowest BCUT2D eigenvalue weighted by Crippen LogP contribution is -2.24. The van der Waals surface area contributed by atoms with Crippen LogP contribution in [0, 0.1) is 10.1 Å². The molecule has 3 rings (SSSR count). The topological polar surface area (TPSA) is 79.3 Å². The van der Waals surface area contributed by atoms with Gasteiger partial charge in [0.1, 0.15) is 5.75 Å². The Kier molecular flexibility index (Phi) is 3.25. The van der Waals surface area contributed by atoms with Gasteiger partial charge in [0, 0.05) is 36.1 Å². The highest BCUT2D eigenvalue weighted by Crippen LogP contribution is 2.33. The van der Waals surface area contributed by atoms with Crippen LogP contribution < -0.4 is 10.4 Å². The van der Waals surface area contributed by atoms with Crippen LogP contribution in [0.3, 0.4) is 0 Å². The fourth-order valence-electron chi connectivity index (χ4n) is 2.36. The van der Waals surface area contributed by atoms with Crippen LogP contribution in [0.5, 0.6) is 5.75 Å². The van der Waals surface area contributed by atoms with E-state index >= 15 is 0 Å². The molecule has 0 amide bonds. The maximum atomic E-state index is 12.2. The summed E-state index contributed by atoms with van der Waals surface area (Å²) in [7, 11) is 1.50. The number of hydrogen-bond acceptors (Lipinski definition) is 4. The Morgan fingerprint density at radius 2 is 2.14 bits per heavy atom. The molecule has 0 unspecified atom stereocenters. The normalized spacial score (nSPS) is 14.1. The summed E-state index contributed by atoms with van der Waals surface area (Å²) in [6, 6.07) is 4.70. The fourth-order valence-corrected chi connectivity index (χ4v) is 2.36. The first-order valence-corrected chi connectivity index (χ1v) is 6.68. The van der Waals surface area contributed by atoms with Crippen molar-refractivity contribution in [1.82, 2.24) is 9.13 Å². The van der Waals surface area contributed by atoms with Gasteiger partial charge in [-0.1, -0.05) is 0 Å². The SMILES string of the molecule is COc1ccc([N+](=O)[O-])cc1Cn1ccn(C2CC2)c1=O. The lowest BCUT2D eigenvalue weighted by molar-refractivity contribution is -0.384. The zero-order valence-corrected chi connectivity index (χ0v) is 11.6. The number of ether oxygens (including phenoxy) is 1. The summed E-state index contributed by atoms with van der Waals surface area (Å²) in [6.45, 7) is 0.253. The molecule has 0 atom stereocenters. The second kappa shape index (κ2) is 5.08. The van der Waals surface area contributed by atoms with Crippen molar-refractivity contribution in [2.24, 2.45) is 0 Å². The van der Waals surface area contributed by atoms with Gasteiger partial charge < -0.3 is 4.74 Å². The molecule has 1 heterocycles. The van der Waals surface area contributed by atoms with Crippen molar-refractivity contribution in [2.75, 3.05) is 7.11 Å². The van der Waals surface area contributed by atoms with E-state index in [1.807, 2.05) is 0 Å². The van der Waals surface area contributed by atoms with Crippen LogP contribution in [0.4, 0.5) is 5.69 Å². The van der Waals surface area contributed by atoms with E-state index in [0.717, 1.165) is 12.8 Å². The van der Waals surface area contributed by atoms with E-state index in [-0.39, 0.29) is 17.9 Å². The molecule has 1 saturated carbocycles. The lowest BCUT2D eigenvalue weighted by Gasteiger charge is -2.08. The minimum atomic E-state index is -0.457. The molecule has 7 heteroatoms. The van der Waals surface area contributed by atoms with Crippen LogP contribution in [-0.2, 0) is 6.54 Å². The van der Waals surface area contributed by atoms with Crippen molar-refractivity contribution in [3.63, 3.8) is 0 Å². The molecule has 110 valence electrons. The van der Waals surface area contributed by atoms with E-state index in [1.54, 1.807) is 27.6 Å². The Bertz CT molecular complexity index is 743.